The van der Waals surface area contributed by atoms with Crippen LogP contribution in [0.2, 0.25) is 0 Å². The average Bonchev–Trinajstić information content (AvgIpc) is 3.04. The van der Waals surface area contributed by atoms with Gasteiger partial charge in [-0.3, -0.25) is 9.69 Å². The molecule has 2 aromatic carbocycles. The molecule has 150 valence electrons. The summed E-state index contributed by atoms with van der Waals surface area (Å²) in [5.41, 5.74) is 4.59. The van der Waals surface area contributed by atoms with Gasteiger partial charge in [0.05, 0.1) is 26.1 Å². The lowest BCUT2D eigenvalue weighted by Gasteiger charge is -2.39. The highest BCUT2D eigenvalue weighted by molar-refractivity contribution is 5.97. The first kappa shape index (κ1) is 19.5. The first-order chi connectivity index (χ1) is 14.0. The summed E-state index contributed by atoms with van der Waals surface area (Å²) in [7, 11) is 1.64. The zero-order valence-electron chi connectivity index (χ0n) is 17.1. The van der Waals surface area contributed by atoms with Crippen molar-refractivity contribution in [2.45, 2.75) is 31.6 Å². The van der Waals surface area contributed by atoms with Crippen LogP contribution in [-0.2, 0) is 16.6 Å². The molecule has 5 heteroatoms. The average molecular weight is 389 g/mol. The van der Waals surface area contributed by atoms with Crippen molar-refractivity contribution in [3.05, 3.63) is 59.2 Å². The molecule has 1 spiro atoms. The molecule has 0 aliphatic carbocycles. The van der Waals surface area contributed by atoms with E-state index in [1.807, 2.05) is 29.2 Å². The van der Waals surface area contributed by atoms with Gasteiger partial charge in [0.15, 0.2) is 0 Å². The molecule has 4 rings (SSSR count). The molecule has 2 aromatic rings. The van der Waals surface area contributed by atoms with Crippen LogP contribution in [0.5, 0.6) is 5.75 Å². The zero-order valence-corrected chi connectivity index (χ0v) is 17.1. The molecule has 1 saturated heterocycles. The lowest BCUT2D eigenvalue weighted by molar-refractivity contribution is -0.118. The van der Waals surface area contributed by atoms with E-state index in [4.69, 9.17) is 10.00 Å². The number of anilines is 1. The fourth-order valence-electron chi connectivity index (χ4n) is 4.69. The summed E-state index contributed by atoms with van der Waals surface area (Å²) in [5, 5.41) is 9.01. The molecular formula is C24H27N3O2. The molecule has 0 radical (unpaired) electrons. The Hall–Kier alpha value is -2.84. The fraction of sp³-hybridized carbons (Fsp3) is 0.417. The van der Waals surface area contributed by atoms with Crippen LogP contribution in [0.4, 0.5) is 5.69 Å². The van der Waals surface area contributed by atoms with Crippen LogP contribution in [0.15, 0.2) is 42.5 Å². The van der Waals surface area contributed by atoms with Gasteiger partial charge in [0.2, 0.25) is 5.91 Å². The molecule has 0 saturated carbocycles. The van der Waals surface area contributed by atoms with Gasteiger partial charge in [-0.1, -0.05) is 29.8 Å². The smallest absolute Gasteiger partial charge is 0.231 e. The van der Waals surface area contributed by atoms with Crippen molar-refractivity contribution in [2.75, 3.05) is 38.2 Å². The van der Waals surface area contributed by atoms with Crippen LogP contribution in [0.3, 0.4) is 0 Å². The van der Waals surface area contributed by atoms with Crippen molar-refractivity contribution in [2.24, 2.45) is 0 Å². The van der Waals surface area contributed by atoms with Gasteiger partial charge in [-0.15, -0.1) is 0 Å². The second kappa shape index (κ2) is 7.88. The minimum Gasteiger partial charge on any atom is -0.497 e. The molecule has 2 aliphatic rings. The van der Waals surface area contributed by atoms with E-state index in [1.165, 1.54) is 11.1 Å². The Labute approximate surface area is 172 Å². The van der Waals surface area contributed by atoms with Crippen molar-refractivity contribution in [1.82, 2.24) is 4.90 Å². The Balaban J connectivity index is 1.57. The standard InChI is InChI=1S/C24H27N3O2/c1-18-3-8-22-21(15-18)24(9-12-26(13-10-24)14-11-25)17-27(22)23(28)16-19-4-6-20(29-2)7-5-19/h3-8,15H,9-10,12-14,16-17H2,1-2H3. The molecule has 0 aromatic heterocycles. The summed E-state index contributed by atoms with van der Waals surface area (Å²) < 4.78 is 5.21. The summed E-state index contributed by atoms with van der Waals surface area (Å²) in [5.74, 6) is 0.933. The van der Waals surface area contributed by atoms with E-state index in [9.17, 15) is 4.79 Å². The third-order valence-electron chi connectivity index (χ3n) is 6.40. The number of likely N-dealkylation sites (tertiary alicyclic amines) is 1. The minimum atomic E-state index is 0.00285. The Morgan fingerprint density at radius 1 is 1.17 bits per heavy atom. The monoisotopic (exact) mass is 389 g/mol. The molecule has 0 N–H and O–H groups in total. The van der Waals surface area contributed by atoms with E-state index < -0.39 is 0 Å². The number of fused-ring (bicyclic) bond motifs is 2. The summed E-state index contributed by atoms with van der Waals surface area (Å²) in [6.07, 6.45) is 2.35. The van der Waals surface area contributed by atoms with Gasteiger partial charge in [-0.05, 0) is 49.1 Å². The number of methoxy groups -OCH3 is 1. The number of piperidine rings is 1. The van der Waals surface area contributed by atoms with Gasteiger partial charge in [-0.25, -0.2) is 0 Å². The van der Waals surface area contributed by atoms with E-state index in [2.05, 4.69) is 36.1 Å². The minimum absolute atomic E-state index is 0.00285. The third-order valence-corrected chi connectivity index (χ3v) is 6.40. The van der Waals surface area contributed by atoms with Crippen LogP contribution >= 0.6 is 0 Å². The Bertz CT molecular complexity index is 938. The lowest BCUT2D eigenvalue weighted by atomic mass is 9.74. The van der Waals surface area contributed by atoms with Gasteiger partial charge >= 0.3 is 0 Å². The number of rotatable bonds is 4. The Kier molecular flexibility index (Phi) is 5.29. The number of carbonyl (C=O) groups excluding carboxylic acids is 1. The third kappa shape index (κ3) is 3.73. The first-order valence-corrected chi connectivity index (χ1v) is 10.2. The number of nitriles is 1. The number of aryl methyl sites for hydroxylation is 1. The summed E-state index contributed by atoms with van der Waals surface area (Å²) in [4.78, 5) is 17.4. The quantitative estimate of drug-likeness (QED) is 0.752. The van der Waals surface area contributed by atoms with Crippen LogP contribution in [0.1, 0.15) is 29.5 Å². The molecule has 2 heterocycles. The largest absolute Gasteiger partial charge is 0.497 e. The van der Waals surface area contributed by atoms with E-state index >= 15 is 0 Å². The number of hydrogen-bond donors (Lipinski definition) is 0. The van der Waals surface area contributed by atoms with E-state index in [1.54, 1.807) is 7.11 Å². The normalized spacial score (nSPS) is 17.8. The molecule has 29 heavy (non-hydrogen) atoms. The number of ether oxygens (including phenoxy) is 1. The fourth-order valence-corrected chi connectivity index (χ4v) is 4.69. The Morgan fingerprint density at radius 3 is 2.55 bits per heavy atom. The van der Waals surface area contributed by atoms with Crippen LogP contribution in [0.25, 0.3) is 0 Å². The second-order valence-corrected chi connectivity index (χ2v) is 8.24. The van der Waals surface area contributed by atoms with Gasteiger partial charge < -0.3 is 9.64 Å². The van der Waals surface area contributed by atoms with E-state index in [-0.39, 0.29) is 11.3 Å². The molecule has 0 unspecified atom stereocenters. The van der Waals surface area contributed by atoms with E-state index in [0.29, 0.717) is 13.0 Å². The Morgan fingerprint density at radius 2 is 1.90 bits per heavy atom. The predicted octanol–water partition coefficient (Wildman–Crippen LogP) is 3.45. The lowest BCUT2D eigenvalue weighted by Crippen LogP contribution is -2.46. The molecule has 5 nitrogen and oxygen atoms in total. The summed E-state index contributed by atoms with van der Waals surface area (Å²) >= 11 is 0. The van der Waals surface area contributed by atoms with E-state index in [0.717, 1.165) is 49.5 Å². The maximum atomic E-state index is 13.3. The molecule has 1 amide bonds. The SMILES string of the molecule is COc1ccc(CC(=O)N2CC3(CCN(CC#N)CC3)c3cc(C)ccc32)cc1. The van der Waals surface area contributed by atoms with Crippen molar-refractivity contribution >= 4 is 11.6 Å². The number of carbonyl (C=O) groups is 1. The topological polar surface area (TPSA) is 56.6 Å². The van der Waals surface area contributed by atoms with Crippen LogP contribution in [-0.4, -0.2) is 44.1 Å². The molecule has 0 bridgehead atoms. The predicted molar refractivity (Wildman–Crippen MR) is 113 cm³/mol. The summed E-state index contributed by atoms with van der Waals surface area (Å²) in [6.45, 7) is 5.14. The highest BCUT2D eigenvalue weighted by atomic mass is 16.5. The van der Waals surface area contributed by atoms with Crippen molar-refractivity contribution in [3.63, 3.8) is 0 Å². The van der Waals surface area contributed by atoms with Gasteiger partial charge in [0.25, 0.3) is 0 Å². The number of hydrogen-bond acceptors (Lipinski definition) is 4. The molecule has 0 atom stereocenters. The molecular weight excluding hydrogens is 362 g/mol. The van der Waals surface area contributed by atoms with Gasteiger partial charge in [0.1, 0.15) is 5.75 Å². The second-order valence-electron chi connectivity index (χ2n) is 8.24. The van der Waals surface area contributed by atoms with Crippen molar-refractivity contribution in [1.29, 1.82) is 5.26 Å². The molecule has 2 aliphatic heterocycles. The highest BCUT2D eigenvalue weighted by Crippen LogP contribution is 2.47. The molecule has 1 fully saturated rings. The zero-order chi connectivity index (χ0) is 20.4. The first-order valence-electron chi connectivity index (χ1n) is 10.2. The maximum absolute atomic E-state index is 13.3. The van der Waals surface area contributed by atoms with Gasteiger partial charge in [-0.2, -0.15) is 5.26 Å². The number of amides is 1. The van der Waals surface area contributed by atoms with Crippen molar-refractivity contribution in [3.8, 4) is 11.8 Å². The van der Waals surface area contributed by atoms with Crippen LogP contribution in [0, 0.1) is 18.3 Å². The highest BCUT2D eigenvalue weighted by Gasteiger charge is 2.46. The summed E-state index contributed by atoms with van der Waals surface area (Å²) in [6, 6.07) is 16.4. The maximum Gasteiger partial charge on any atom is 0.231 e. The van der Waals surface area contributed by atoms with Crippen molar-refractivity contribution < 1.29 is 9.53 Å². The van der Waals surface area contributed by atoms with Crippen LogP contribution < -0.4 is 9.64 Å². The number of nitrogens with zero attached hydrogens (tertiary/aromatic N) is 3. The van der Waals surface area contributed by atoms with Gasteiger partial charge in [0, 0.05) is 30.7 Å². The number of benzene rings is 2.